The predicted molar refractivity (Wildman–Crippen MR) is 252 cm³/mol. The first-order chi connectivity index (χ1) is 30.6. The fraction of sp³-hybridized carbons (Fsp3) is 0.103. The standard InChI is InChI=1S/C58H42N4/c59-38-39-20-33-51-53(36-39)58(34-8-3-9-35-58)52-19-11-18-50(54(51)52)49-17-10-16-48(37-49)44-23-21-42(22-24-44)43-27-31-47(32-28-43)57-61-55(45-14-6-2-7-15-45)60-56(62-57)46-29-25-41(26-30-46)40-12-4-1-5-13-40/h1-2,4-7,10-33,36-37H,3,8-9,34-35H2. The molecule has 0 unspecified atom stereocenters. The number of hydrogen-bond acceptors (Lipinski definition) is 4. The van der Waals surface area contributed by atoms with Crippen LogP contribution in [-0.2, 0) is 5.41 Å². The van der Waals surface area contributed by atoms with E-state index < -0.39 is 0 Å². The average molecular weight is 795 g/mol. The summed E-state index contributed by atoms with van der Waals surface area (Å²) in [6.45, 7) is 0. The molecule has 1 spiro atoms. The van der Waals surface area contributed by atoms with E-state index in [1.165, 1.54) is 69.3 Å². The third-order valence-corrected chi connectivity index (χ3v) is 13.0. The molecule has 0 saturated heterocycles. The zero-order valence-electron chi connectivity index (χ0n) is 34.3. The first-order valence-electron chi connectivity index (χ1n) is 21.6. The lowest BCUT2D eigenvalue weighted by Gasteiger charge is -2.36. The summed E-state index contributed by atoms with van der Waals surface area (Å²) in [4.78, 5) is 14.9. The molecule has 0 radical (unpaired) electrons. The molecule has 1 saturated carbocycles. The monoisotopic (exact) mass is 794 g/mol. The van der Waals surface area contributed by atoms with E-state index in [1.807, 2.05) is 42.5 Å². The molecule has 294 valence electrons. The van der Waals surface area contributed by atoms with Crippen molar-refractivity contribution in [3.05, 3.63) is 211 Å². The van der Waals surface area contributed by atoms with Crippen LogP contribution < -0.4 is 0 Å². The van der Waals surface area contributed by atoms with Gasteiger partial charge in [-0.05, 0) is 97.8 Å². The Bertz CT molecular complexity index is 3120. The van der Waals surface area contributed by atoms with Gasteiger partial charge in [0.25, 0.3) is 0 Å². The number of fused-ring (bicyclic) bond motifs is 5. The highest BCUT2D eigenvalue weighted by molar-refractivity contribution is 5.94. The summed E-state index contributed by atoms with van der Waals surface area (Å²) in [5.41, 5.74) is 18.4. The van der Waals surface area contributed by atoms with E-state index in [0.29, 0.717) is 17.5 Å². The lowest BCUT2D eigenvalue weighted by Crippen LogP contribution is -2.28. The second-order valence-electron chi connectivity index (χ2n) is 16.6. The van der Waals surface area contributed by atoms with Crippen LogP contribution in [0, 0.1) is 11.3 Å². The van der Waals surface area contributed by atoms with Crippen LogP contribution in [0.5, 0.6) is 0 Å². The molecule has 1 heterocycles. The highest BCUT2D eigenvalue weighted by atomic mass is 15.0. The van der Waals surface area contributed by atoms with Gasteiger partial charge in [0.2, 0.25) is 0 Å². The maximum absolute atomic E-state index is 9.84. The SMILES string of the molecule is N#Cc1ccc2c(c1)C1(CCCCC1)c1cccc(-c3cccc(-c4ccc(-c5ccc(-c6nc(-c7ccccc7)nc(-c7ccc(-c8ccccc8)cc7)n6)cc5)cc4)c3)c1-2. The van der Waals surface area contributed by atoms with E-state index >= 15 is 0 Å². The number of nitrogens with zero attached hydrogens (tertiary/aromatic N) is 4. The molecule has 1 fully saturated rings. The van der Waals surface area contributed by atoms with Crippen molar-refractivity contribution >= 4 is 0 Å². The maximum atomic E-state index is 9.84. The van der Waals surface area contributed by atoms with E-state index in [0.717, 1.165) is 51.8 Å². The minimum atomic E-state index is -0.00724. The van der Waals surface area contributed by atoms with Gasteiger partial charge in [0.15, 0.2) is 17.5 Å². The highest BCUT2D eigenvalue weighted by Gasteiger charge is 2.44. The van der Waals surface area contributed by atoms with Gasteiger partial charge in [-0.25, -0.2) is 15.0 Å². The highest BCUT2D eigenvalue weighted by Crippen LogP contribution is 2.58. The van der Waals surface area contributed by atoms with Gasteiger partial charge in [0, 0.05) is 22.1 Å². The average Bonchev–Trinajstić information content (AvgIpc) is 3.62. The van der Waals surface area contributed by atoms with E-state index in [-0.39, 0.29) is 5.41 Å². The number of hydrogen-bond donors (Lipinski definition) is 0. The van der Waals surface area contributed by atoms with Crippen LogP contribution in [0.25, 0.3) is 89.8 Å². The smallest absolute Gasteiger partial charge is 0.164 e. The molecule has 0 bridgehead atoms. The quantitative estimate of drug-likeness (QED) is 0.161. The number of nitriles is 1. The molecular weight excluding hydrogens is 753 g/mol. The van der Waals surface area contributed by atoms with Crippen LogP contribution in [0.1, 0.15) is 48.8 Å². The third-order valence-electron chi connectivity index (χ3n) is 13.0. The summed E-state index contributed by atoms with van der Waals surface area (Å²) in [6, 6.07) is 70.9. The lowest BCUT2D eigenvalue weighted by molar-refractivity contribution is 0.353. The number of benzene rings is 8. The molecule has 0 aliphatic heterocycles. The second-order valence-corrected chi connectivity index (χ2v) is 16.6. The fourth-order valence-electron chi connectivity index (χ4n) is 9.87. The van der Waals surface area contributed by atoms with Crippen molar-refractivity contribution in [1.82, 2.24) is 15.0 Å². The lowest BCUT2D eigenvalue weighted by atomic mass is 9.67. The van der Waals surface area contributed by atoms with Crippen LogP contribution in [-0.4, -0.2) is 15.0 Å². The molecule has 9 aromatic rings. The number of aromatic nitrogens is 3. The van der Waals surface area contributed by atoms with Crippen molar-refractivity contribution in [2.24, 2.45) is 0 Å². The van der Waals surface area contributed by atoms with Crippen LogP contribution in [0.4, 0.5) is 0 Å². The van der Waals surface area contributed by atoms with Gasteiger partial charge in [-0.1, -0.05) is 195 Å². The van der Waals surface area contributed by atoms with Crippen molar-refractivity contribution < 1.29 is 0 Å². The molecule has 1 aromatic heterocycles. The first-order valence-corrected chi connectivity index (χ1v) is 21.6. The first kappa shape index (κ1) is 37.3. The molecular formula is C58H42N4. The van der Waals surface area contributed by atoms with Crippen molar-refractivity contribution in [3.63, 3.8) is 0 Å². The summed E-state index contributed by atoms with van der Waals surface area (Å²) < 4.78 is 0. The molecule has 2 aliphatic carbocycles. The molecule has 62 heavy (non-hydrogen) atoms. The van der Waals surface area contributed by atoms with E-state index in [1.54, 1.807) is 0 Å². The molecule has 4 heteroatoms. The molecule has 11 rings (SSSR count). The van der Waals surface area contributed by atoms with Gasteiger partial charge in [-0.3, -0.25) is 0 Å². The van der Waals surface area contributed by atoms with Gasteiger partial charge in [-0.15, -0.1) is 0 Å². The van der Waals surface area contributed by atoms with Gasteiger partial charge >= 0.3 is 0 Å². The van der Waals surface area contributed by atoms with Crippen molar-refractivity contribution in [2.75, 3.05) is 0 Å². The molecule has 4 nitrogen and oxygen atoms in total. The van der Waals surface area contributed by atoms with Crippen molar-refractivity contribution in [3.8, 4) is 95.9 Å². The Balaban J connectivity index is 0.881. The molecule has 8 aromatic carbocycles. The van der Waals surface area contributed by atoms with E-state index in [9.17, 15) is 5.26 Å². The largest absolute Gasteiger partial charge is 0.208 e. The van der Waals surface area contributed by atoms with Gasteiger partial charge in [0.1, 0.15) is 0 Å². The zero-order chi connectivity index (χ0) is 41.5. The van der Waals surface area contributed by atoms with Crippen LogP contribution >= 0.6 is 0 Å². The second kappa shape index (κ2) is 15.7. The van der Waals surface area contributed by atoms with E-state index in [4.69, 9.17) is 15.0 Å². The van der Waals surface area contributed by atoms with Crippen molar-refractivity contribution in [1.29, 1.82) is 5.26 Å². The molecule has 0 amide bonds. The van der Waals surface area contributed by atoms with E-state index in [2.05, 4.69) is 158 Å². The summed E-state index contributed by atoms with van der Waals surface area (Å²) >= 11 is 0. The summed E-state index contributed by atoms with van der Waals surface area (Å²) in [7, 11) is 0. The Morgan fingerprint density at radius 2 is 0.806 bits per heavy atom. The summed E-state index contributed by atoms with van der Waals surface area (Å²) in [6.07, 6.45) is 5.99. The topological polar surface area (TPSA) is 62.5 Å². The summed E-state index contributed by atoms with van der Waals surface area (Å²) in [5, 5.41) is 9.84. The maximum Gasteiger partial charge on any atom is 0.164 e. The number of rotatable bonds is 7. The van der Waals surface area contributed by atoms with Gasteiger partial charge in [-0.2, -0.15) is 5.26 Å². The summed E-state index contributed by atoms with van der Waals surface area (Å²) in [5.74, 6) is 1.92. The Hall–Kier alpha value is -7.74. The minimum absolute atomic E-state index is 0.00724. The predicted octanol–water partition coefficient (Wildman–Crippen LogP) is 14.6. The molecule has 0 atom stereocenters. The van der Waals surface area contributed by atoms with Gasteiger partial charge in [0.05, 0.1) is 11.6 Å². The van der Waals surface area contributed by atoms with Gasteiger partial charge < -0.3 is 0 Å². The van der Waals surface area contributed by atoms with Crippen LogP contribution in [0.15, 0.2) is 194 Å². The molecule has 2 aliphatic rings. The third kappa shape index (κ3) is 6.69. The zero-order valence-corrected chi connectivity index (χ0v) is 34.3. The fourth-order valence-corrected chi connectivity index (χ4v) is 9.87. The molecule has 0 N–H and O–H groups in total. The van der Waals surface area contributed by atoms with Crippen LogP contribution in [0.3, 0.4) is 0 Å². The normalized spacial score (nSPS) is 13.6. The Morgan fingerprint density at radius 3 is 1.37 bits per heavy atom. The Kier molecular flexibility index (Phi) is 9.44. The Morgan fingerprint density at radius 1 is 0.355 bits per heavy atom. The van der Waals surface area contributed by atoms with Crippen LogP contribution in [0.2, 0.25) is 0 Å². The van der Waals surface area contributed by atoms with Crippen molar-refractivity contribution in [2.45, 2.75) is 37.5 Å². The minimum Gasteiger partial charge on any atom is -0.208 e. The Labute approximate surface area is 362 Å².